The van der Waals surface area contributed by atoms with Crippen LogP contribution in [-0.2, 0) is 23.0 Å². The molecule has 0 amide bonds. The van der Waals surface area contributed by atoms with Gasteiger partial charge in [0.05, 0.1) is 17.1 Å². The van der Waals surface area contributed by atoms with Gasteiger partial charge in [0.15, 0.2) is 5.82 Å². The molecule has 2 heterocycles. The lowest BCUT2D eigenvalue weighted by Crippen LogP contribution is -2.28. The first-order valence-electron chi connectivity index (χ1n) is 9.18. The van der Waals surface area contributed by atoms with Crippen molar-refractivity contribution in [1.29, 1.82) is 0 Å². The Labute approximate surface area is 184 Å². The van der Waals surface area contributed by atoms with Gasteiger partial charge in [0.25, 0.3) is 0 Å². The molecule has 0 aliphatic heterocycles. The van der Waals surface area contributed by atoms with E-state index in [0.29, 0.717) is 23.1 Å². The third kappa shape index (κ3) is 4.46. The van der Waals surface area contributed by atoms with Crippen LogP contribution in [0.2, 0.25) is 5.02 Å². The molecule has 2 aromatic heterocycles. The fourth-order valence-electron chi connectivity index (χ4n) is 3.01. The van der Waals surface area contributed by atoms with E-state index in [0.717, 1.165) is 10.6 Å². The number of rotatable bonds is 7. The second-order valence-corrected chi connectivity index (χ2v) is 10.2. The highest BCUT2D eigenvalue weighted by atomic mass is 35.5. The zero-order valence-electron chi connectivity index (χ0n) is 16.1. The van der Waals surface area contributed by atoms with Crippen LogP contribution in [0.15, 0.2) is 77.0 Å². The number of benzene rings is 2. The summed E-state index contributed by atoms with van der Waals surface area (Å²) in [5.74, 6) is 1.14. The van der Waals surface area contributed by atoms with Crippen molar-refractivity contribution in [2.24, 2.45) is 0 Å². The Morgan fingerprint density at radius 3 is 2.57 bits per heavy atom. The fraction of sp³-hybridized carbons (Fsp3) is 0.143. The van der Waals surface area contributed by atoms with Gasteiger partial charge >= 0.3 is 0 Å². The molecule has 0 atom stereocenters. The lowest BCUT2D eigenvalue weighted by Gasteiger charge is -2.17. The van der Waals surface area contributed by atoms with Crippen LogP contribution >= 0.6 is 22.9 Å². The van der Waals surface area contributed by atoms with E-state index < -0.39 is 10.0 Å². The molecule has 0 fully saturated rings. The van der Waals surface area contributed by atoms with Crippen LogP contribution in [0.3, 0.4) is 0 Å². The minimum atomic E-state index is -3.66. The molecule has 2 aromatic carbocycles. The van der Waals surface area contributed by atoms with Crippen molar-refractivity contribution in [2.45, 2.75) is 17.9 Å². The van der Waals surface area contributed by atoms with E-state index in [2.05, 4.69) is 10.1 Å². The number of aromatic nitrogens is 3. The summed E-state index contributed by atoms with van der Waals surface area (Å²) in [5, 5.41) is 7.21. The van der Waals surface area contributed by atoms with Gasteiger partial charge < -0.3 is 0 Å². The van der Waals surface area contributed by atoms with E-state index in [1.807, 2.05) is 29.6 Å². The SMILES string of the molecule is CN(Cc1nc(Cc2cccs2)nn1-c1cccc(Cl)c1)S(=O)(=O)c1ccccc1. The molecule has 30 heavy (non-hydrogen) atoms. The Kier molecular flexibility index (Phi) is 6.01. The van der Waals surface area contributed by atoms with Gasteiger partial charge in [-0.15, -0.1) is 11.3 Å². The highest BCUT2D eigenvalue weighted by Crippen LogP contribution is 2.21. The van der Waals surface area contributed by atoms with Gasteiger partial charge in [0.1, 0.15) is 5.82 Å². The number of nitrogens with zero attached hydrogens (tertiary/aromatic N) is 4. The molecule has 0 unspecified atom stereocenters. The highest BCUT2D eigenvalue weighted by Gasteiger charge is 2.24. The van der Waals surface area contributed by atoms with Gasteiger partial charge in [-0.1, -0.05) is 41.9 Å². The molecule has 0 aliphatic rings. The Morgan fingerprint density at radius 1 is 1.07 bits per heavy atom. The van der Waals surface area contributed by atoms with Gasteiger partial charge in [0, 0.05) is 23.4 Å². The summed E-state index contributed by atoms with van der Waals surface area (Å²) >= 11 is 7.79. The van der Waals surface area contributed by atoms with Gasteiger partial charge in [-0.3, -0.25) is 0 Å². The molecule has 0 aliphatic carbocycles. The van der Waals surface area contributed by atoms with Crippen molar-refractivity contribution in [3.63, 3.8) is 0 Å². The molecule has 6 nitrogen and oxygen atoms in total. The molecule has 0 radical (unpaired) electrons. The molecule has 4 aromatic rings. The lowest BCUT2D eigenvalue weighted by atomic mass is 10.3. The first kappa shape index (κ1) is 20.7. The van der Waals surface area contributed by atoms with Crippen molar-refractivity contribution in [2.75, 3.05) is 7.05 Å². The number of hydrogen-bond donors (Lipinski definition) is 0. The van der Waals surface area contributed by atoms with Crippen LogP contribution in [0.1, 0.15) is 16.5 Å². The van der Waals surface area contributed by atoms with E-state index >= 15 is 0 Å². The van der Waals surface area contributed by atoms with Crippen molar-refractivity contribution in [1.82, 2.24) is 19.1 Å². The second kappa shape index (κ2) is 8.69. The average Bonchev–Trinajstić information content (AvgIpc) is 3.39. The molecular formula is C21H19ClN4O2S2. The van der Waals surface area contributed by atoms with Crippen LogP contribution in [-0.4, -0.2) is 34.5 Å². The zero-order chi connectivity index (χ0) is 21.1. The Morgan fingerprint density at radius 2 is 1.87 bits per heavy atom. The van der Waals surface area contributed by atoms with Gasteiger partial charge in [-0.2, -0.15) is 9.40 Å². The monoisotopic (exact) mass is 458 g/mol. The molecule has 154 valence electrons. The predicted molar refractivity (Wildman–Crippen MR) is 119 cm³/mol. The molecule has 0 saturated heterocycles. The van der Waals surface area contributed by atoms with Crippen molar-refractivity contribution >= 4 is 33.0 Å². The van der Waals surface area contributed by atoms with Gasteiger partial charge in [-0.05, 0) is 41.8 Å². The van der Waals surface area contributed by atoms with Crippen LogP contribution in [0.5, 0.6) is 0 Å². The van der Waals surface area contributed by atoms with E-state index in [9.17, 15) is 8.42 Å². The standard InChI is InChI=1S/C21H19ClN4O2S2/c1-25(30(27,28)19-10-3-2-4-11-19)15-21-23-20(14-18-9-6-12-29-18)24-26(21)17-8-5-7-16(22)13-17/h2-13H,14-15H2,1H3. The molecule has 9 heteroatoms. The summed E-state index contributed by atoms with van der Waals surface area (Å²) < 4.78 is 28.8. The minimum Gasteiger partial charge on any atom is -0.216 e. The summed E-state index contributed by atoms with van der Waals surface area (Å²) in [7, 11) is -2.12. The number of halogens is 1. The van der Waals surface area contributed by atoms with Crippen molar-refractivity contribution in [3.8, 4) is 5.69 Å². The van der Waals surface area contributed by atoms with Crippen molar-refractivity contribution in [3.05, 3.63) is 93.7 Å². The third-order valence-electron chi connectivity index (χ3n) is 4.50. The van der Waals surface area contributed by atoms with E-state index in [-0.39, 0.29) is 11.4 Å². The van der Waals surface area contributed by atoms with E-state index in [1.165, 1.54) is 11.4 Å². The van der Waals surface area contributed by atoms with Gasteiger partial charge in [-0.25, -0.2) is 18.1 Å². The third-order valence-corrected chi connectivity index (χ3v) is 7.43. The smallest absolute Gasteiger partial charge is 0.216 e. The Bertz CT molecular complexity index is 1240. The molecule has 0 bridgehead atoms. The molecular weight excluding hydrogens is 440 g/mol. The van der Waals surface area contributed by atoms with Crippen LogP contribution in [0, 0.1) is 0 Å². The number of sulfonamides is 1. The second-order valence-electron chi connectivity index (χ2n) is 6.67. The largest absolute Gasteiger partial charge is 0.243 e. The molecule has 0 spiro atoms. The van der Waals surface area contributed by atoms with Crippen molar-refractivity contribution < 1.29 is 8.42 Å². The Hall–Kier alpha value is -2.52. The maximum atomic E-state index is 13.0. The molecule has 0 N–H and O–H groups in total. The quantitative estimate of drug-likeness (QED) is 0.411. The highest BCUT2D eigenvalue weighted by molar-refractivity contribution is 7.89. The first-order chi connectivity index (χ1) is 14.4. The normalized spacial score (nSPS) is 11.8. The van der Waals surface area contributed by atoms with E-state index in [4.69, 9.17) is 11.6 Å². The van der Waals surface area contributed by atoms with Gasteiger partial charge in [0.2, 0.25) is 10.0 Å². The zero-order valence-corrected chi connectivity index (χ0v) is 18.5. The van der Waals surface area contributed by atoms with Crippen LogP contribution in [0.4, 0.5) is 0 Å². The van der Waals surface area contributed by atoms with Crippen LogP contribution < -0.4 is 0 Å². The minimum absolute atomic E-state index is 0.0706. The number of hydrogen-bond acceptors (Lipinski definition) is 5. The summed E-state index contributed by atoms with van der Waals surface area (Å²) in [5.41, 5.74) is 0.730. The number of thiophene rings is 1. The maximum Gasteiger partial charge on any atom is 0.243 e. The average molecular weight is 459 g/mol. The summed E-state index contributed by atoms with van der Waals surface area (Å²) in [6, 6.07) is 19.6. The lowest BCUT2D eigenvalue weighted by molar-refractivity contribution is 0.452. The summed E-state index contributed by atoms with van der Waals surface area (Å²) in [4.78, 5) is 6.02. The fourth-order valence-corrected chi connectivity index (χ4v) is 5.04. The maximum absolute atomic E-state index is 13.0. The molecule has 0 saturated carbocycles. The first-order valence-corrected chi connectivity index (χ1v) is 11.9. The predicted octanol–water partition coefficient (Wildman–Crippen LogP) is 4.39. The molecule has 4 rings (SSSR count). The Balaban J connectivity index is 1.69. The van der Waals surface area contributed by atoms with E-state index in [1.54, 1.807) is 58.5 Å². The summed E-state index contributed by atoms with van der Waals surface area (Å²) in [6.45, 7) is 0.0706. The van der Waals surface area contributed by atoms with Crippen LogP contribution in [0.25, 0.3) is 5.69 Å². The topological polar surface area (TPSA) is 68.1 Å². The summed E-state index contributed by atoms with van der Waals surface area (Å²) in [6.07, 6.45) is 0.577.